The number of nitrogens with one attached hydrogen (secondary N) is 1. The van der Waals surface area contributed by atoms with Crippen molar-refractivity contribution >= 4 is 22.6 Å². The highest BCUT2D eigenvalue weighted by Crippen LogP contribution is 2.24. The van der Waals surface area contributed by atoms with Crippen molar-refractivity contribution in [3.63, 3.8) is 0 Å². The smallest absolute Gasteiger partial charge is 0.336 e. The van der Waals surface area contributed by atoms with Gasteiger partial charge in [0.2, 0.25) is 5.91 Å². The van der Waals surface area contributed by atoms with Gasteiger partial charge < -0.3 is 15.5 Å². The molecule has 0 spiro atoms. The number of hydrogen-bond acceptors (Lipinski definition) is 4. The van der Waals surface area contributed by atoms with E-state index in [2.05, 4.69) is 5.32 Å². The van der Waals surface area contributed by atoms with Gasteiger partial charge in [-0.2, -0.15) is 0 Å². The van der Waals surface area contributed by atoms with Gasteiger partial charge in [-0.15, -0.1) is 0 Å². The van der Waals surface area contributed by atoms with Gasteiger partial charge in [-0.1, -0.05) is 12.1 Å². The van der Waals surface area contributed by atoms with Gasteiger partial charge in [0.25, 0.3) is 0 Å². The molecule has 0 aliphatic heterocycles. The van der Waals surface area contributed by atoms with E-state index in [1.807, 2.05) is 26.0 Å². The first kappa shape index (κ1) is 15.8. The van der Waals surface area contributed by atoms with Gasteiger partial charge in [0.05, 0.1) is 0 Å². The van der Waals surface area contributed by atoms with Crippen LogP contribution in [-0.2, 0) is 6.54 Å². The van der Waals surface area contributed by atoms with Crippen LogP contribution in [0, 0.1) is 13.8 Å². The van der Waals surface area contributed by atoms with Gasteiger partial charge in [0.1, 0.15) is 5.58 Å². The number of rotatable bonds is 4. The van der Waals surface area contributed by atoms with Crippen molar-refractivity contribution in [3.05, 3.63) is 75.1 Å². The average molecular weight is 322 g/mol. The monoisotopic (exact) mass is 322 g/mol. The molecule has 5 heteroatoms. The summed E-state index contributed by atoms with van der Waals surface area (Å²) in [5.41, 5.74) is 9.70. The normalized spacial score (nSPS) is 10.8. The third kappa shape index (κ3) is 3.01. The minimum atomic E-state index is -0.459. The van der Waals surface area contributed by atoms with Crippen molar-refractivity contribution in [2.24, 2.45) is 5.73 Å². The lowest BCUT2D eigenvalue weighted by Crippen LogP contribution is -2.11. The quantitative estimate of drug-likeness (QED) is 0.723. The van der Waals surface area contributed by atoms with Gasteiger partial charge in [-0.05, 0) is 54.8 Å². The number of carbonyl (C=O) groups excluding carboxylic acids is 1. The summed E-state index contributed by atoms with van der Waals surface area (Å²) in [4.78, 5) is 22.9. The summed E-state index contributed by atoms with van der Waals surface area (Å²) in [7, 11) is 0. The Hall–Kier alpha value is -3.08. The molecule has 0 saturated carbocycles. The molecule has 0 unspecified atom stereocenters. The van der Waals surface area contributed by atoms with Crippen LogP contribution in [-0.4, -0.2) is 5.91 Å². The van der Waals surface area contributed by atoms with Gasteiger partial charge in [0, 0.05) is 29.2 Å². The van der Waals surface area contributed by atoms with E-state index in [9.17, 15) is 9.59 Å². The highest BCUT2D eigenvalue weighted by molar-refractivity contribution is 5.93. The predicted octanol–water partition coefficient (Wildman–Crippen LogP) is 3.12. The lowest BCUT2D eigenvalue weighted by Gasteiger charge is -2.11. The Morgan fingerprint density at radius 3 is 2.50 bits per heavy atom. The van der Waals surface area contributed by atoms with E-state index in [1.54, 1.807) is 24.3 Å². The molecule has 122 valence electrons. The fourth-order valence-electron chi connectivity index (χ4n) is 2.62. The Labute approximate surface area is 139 Å². The minimum absolute atomic E-state index is 0.364. The van der Waals surface area contributed by atoms with Crippen molar-refractivity contribution in [2.75, 3.05) is 5.32 Å². The molecule has 24 heavy (non-hydrogen) atoms. The summed E-state index contributed by atoms with van der Waals surface area (Å²) >= 11 is 0. The van der Waals surface area contributed by atoms with E-state index in [4.69, 9.17) is 10.2 Å². The number of aryl methyl sites for hydroxylation is 2. The van der Waals surface area contributed by atoms with Gasteiger partial charge in [0.15, 0.2) is 0 Å². The number of anilines is 1. The third-order valence-electron chi connectivity index (χ3n) is 4.17. The number of nitrogens with two attached hydrogens (primary N) is 1. The number of amides is 1. The standard InChI is InChI=1S/C19H18N2O3/c1-11-3-8-16-14(9-17(22)24-18(16)12(11)2)10-21-15-6-4-13(5-7-15)19(20)23/h3-9,21H,10H2,1-2H3,(H2,20,23). The van der Waals surface area contributed by atoms with Crippen LogP contribution in [0.5, 0.6) is 0 Å². The van der Waals surface area contributed by atoms with Crippen LogP contribution in [0.2, 0.25) is 0 Å². The maximum Gasteiger partial charge on any atom is 0.336 e. The second-order valence-electron chi connectivity index (χ2n) is 5.77. The first-order valence-electron chi connectivity index (χ1n) is 7.62. The SMILES string of the molecule is Cc1ccc2c(CNc3ccc(C(N)=O)cc3)cc(=O)oc2c1C. The highest BCUT2D eigenvalue weighted by Gasteiger charge is 2.09. The first-order valence-corrected chi connectivity index (χ1v) is 7.62. The van der Waals surface area contributed by atoms with Crippen LogP contribution in [0.25, 0.3) is 11.0 Å². The second-order valence-corrected chi connectivity index (χ2v) is 5.77. The van der Waals surface area contributed by atoms with E-state index in [1.165, 1.54) is 6.07 Å². The van der Waals surface area contributed by atoms with Gasteiger partial charge in [-0.25, -0.2) is 4.79 Å². The van der Waals surface area contributed by atoms with Crippen LogP contribution in [0.4, 0.5) is 5.69 Å². The number of benzene rings is 2. The van der Waals surface area contributed by atoms with Crippen LogP contribution in [0.3, 0.4) is 0 Å². The summed E-state index contributed by atoms with van der Waals surface area (Å²) < 4.78 is 5.37. The highest BCUT2D eigenvalue weighted by atomic mass is 16.4. The number of hydrogen-bond donors (Lipinski definition) is 2. The predicted molar refractivity (Wildman–Crippen MR) is 94.2 cm³/mol. The lowest BCUT2D eigenvalue weighted by atomic mass is 10.0. The molecule has 1 amide bonds. The molecule has 3 N–H and O–H groups in total. The second kappa shape index (κ2) is 6.20. The fraction of sp³-hybridized carbons (Fsp3) is 0.158. The van der Waals surface area contributed by atoms with E-state index >= 15 is 0 Å². The van der Waals surface area contributed by atoms with Crippen molar-refractivity contribution in [1.29, 1.82) is 0 Å². The zero-order chi connectivity index (χ0) is 17.3. The molecule has 1 heterocycles. The Kier molecular flexibility index (Phi) is 4.08. The molecule has 0 saturated heterocycles. The van der Waals surface area contributed by atoms with Crippen LogP contribution in [0.15, 0.2) is 51.7 Å². The summed E-state index contributed by atoms with van der Waals surface area (Å²) in [5, 5.41) is 4.16. The first-order chi connectivity index (χ1) is 11.5. The molecule has 0 aliphatic carbocycles. The van der Waals surface area contributed by atoms with Crippen LogP contribution >= 0.6 is 0 Å². The van der Waals surface area contributed by atoms with E-state index in [0.29, 0.717) is 17.7 Å². The maximum absolute atomic E-state index is 11.9. The van der Waals surface area contributed by atoms with Crippen molar-refractivity contribution in [2.45, 2.75) is 20.4 Å². The largest absolute Gasteiger partial charge is 0.422 e. The molecule has 5 nitrogen and oxygen atoms in total. The molecule has 2 aromatic carbocycles. The van der Waals surface area contributed by atoms with Gasteiger partial charge in [-0.3, -0.25) is 4.79 Å². The molecule has 3 aromatic rings. The number of primary amides is 1. The number of carbonyl (C=O) groups is 1. The molecule has 1 aromatic heterocycles. The summed E-state index contributed by atoms with van der Waals surface area (Å²) in [5.74, 6) is -0.459. The maximum atomic E-state index is 11.9. The molecule has 0 radical (unpaired) electrons. The summed E-state index contributed by atoms with van der Waals surface area (Å²) in [6.45, 7) is 4.40. The molecule has 0 bridgehead atoms. The Morgan fingerprint density at radius 2 is 1.83 bits per heavy atom. The molecule has 3 rings (SSSR count). The molecular formula is C19H18N2O3. The van der Waals surface area contributed by atoms with E-state index in [-0.39, 0.29) is 5.63 Å². The topological polar surface area (TPSA) is 85.3 Å². The molecule has 0 aliphatic rings. The number of fused-ring (bicyclic) bond motifs is 1. The van der Waals surface area contributed by atoms with Crippen molar-refractivity contribution < 1.29 is 9.21 Å². The minimum Gasteiger partial charge on any atom is -0.422 e. The van der Waals surface area contributed by atoms with Crippen molar-refractivity contribution in [1.82, 2.24) is 0 Å². The van der Waals surface area contributed by atoms with Gasteiger partial charge >= 0.3 is 5.63 Å². The Balaban J connectivity index is 1.91. The lowest BCUT2D eigenvalue weighted by molar-refractivity contribution is 0.100. The molecule has 0 fully saturated rings. The van der Waals surface area contributed by atoms with Crippen LogP contribution in [0.1, 0.15) is 27.0 Å². The fourth-order valence-corrected chi connectivity index (χ4v) is 2.62. The Morgan fingerprint density at radius 1 is 1.12 bits per heavy atom. The zero-order valence-corrected chi connectivity index (χ0v) is 13.6. The summed E-state index contributed by atoms with van der Waals surface area (Å²) in [6, 6.07) is 12.4. The third-order valence-corrected chi connectivity index (χ3v) is 4.17. The zero-order valence-electron chi connectivity index (χ0n) is 13.6. The average Bonchev–Trinajstić information content (AvgIpc) is 2.56. The van der Waals surface area contributed by atoms with Crippen LogP contribution < -0.4 is 16.7 Å². The van der Waals surface area contributed by atoms with E-state index in [0.717, 1.165) is 27.8 Å². The molecule has 0 atom stereocenters. The summed E-state index contributed by atoms with van der Waals surface area (Å²) in [6.07, 6.45) is 0. The van der Waals surface area contributed by atoms with Crippen molar-refractivity contribution in [3.8, 4) is 0 Å². The Bertz CT molecular complexity index is 972. The molecular weight excluding hydrogens is 304 g/mol. The van der Waals surface area contributed by atoms with E-state index < -0.39 is 5.91 Å².